The molecule has 4 bridgehead atoms. The summed E-state index contributed by atoms with van der Waals surface area (Å²) in [6.07, 6.45) is 3.71. The highest BCUT2D eigenvalue weighted by molar-refractivity contribution is 7.89. The molecule has 4 fully saturated rings. The van der Waals surface area contributed by atoms with Gasteiger partial charge in [0.05, 0.1) is 49.6 Å². The second kappa shape index (κ2) is 40.3. The summed E-state index contributed by atoms with van der Waals surface area (Å²) in [6, 6.07) is 23.3. The Kier molecular flexibility index (Phi) is 32.7. The van der Waals surface area contributed by atoms with Gasteiger partial charge in [0.25, 0.3) is 5.91 Å². The number of amides is 8. The number of nitrogens with zero attached hydrogens (tertiary/aromatic N) is 5. The topological polar surface area (TPSA) is 405 Å². The van der Waals surface area contributed by atoms with Crippen LogP contribution in [0, 0.1) is 5.92 Å². The number of carbonyl (C=O) groups excluding carboxylic acids is 11. The van der Waals surface area contributed by atoms with Crippen LogP contribution in [0.2, 0.25) is 0 Å². The van der Waals surface area contributed by atoms with E-state index in [1.54, 1.807) is 154 Å². The van der Waals surface area contributed by atoms with E-state index in [0.717, 1.165) is 19.3 Å². The maximum absolute atomic E-state index is 15.1. The average Bonchev–Trinajstić information content (AvgIpc) is 1.61. The number of Topliss-reactive ketones (excluding diaryl/α,β-unsaturated/α-hetero) is 1. The second-order valence-electron chi connectivity index (χ2n) is 29.5. The molecule has 7 N–H and O–H groups in total. The maximum atomic E-state index is 15.1. The van der Waals surface area contributed by atoms with Crippen molar-refractivity contribution in [2.75, 3.05) is 67.6 Å². The first-order valence-electron chi connectivity index (χ1n) is 36.5. The number of nitrogens with two attached hydrogens (primary N) is 1. The number of nitrogens with one attached hydrogen (secondary N) is 5. The number of rotatable bonds is 19. The minimum Gasteiger partial charge on any atom is -0.494 e. The van der Waals surface area contributed by atoms with Crippen molar-refractivity contribution in [3.8, 4) is 5.75 Å². The second-order valence-corrected chi connectivity index (χ2v) is 33.1. The minimum atomic E-state index is -4.20. The van der Waals surface area contributed by atoms with Crippen LogP contribution in [-0.2, 0) is 88.6 Å². The standard InChI is InChI=1S/C48H61N7O10S.C17H24N2O6S.C11H20N2O4.FH/c1-4-16-38(44(58)46(60)49-30-41(57)52-42(47(61)53(2)3)33-18-8-5-9-19-33)50-45(59)39-29-35-31-54(39)48(62)43(34-20-10-6-11-21-34)51-40(56)28-32-17-14-22-36(27-32)65-26-15-25-55(35)66(63,64)37-23-12-7-13-24-37;1-17(2,3)25-16(21)19-11-12(10-14(19)15(20)24-4)18-26(22,23)13-8-6-5-7-9-13;1-11(2,3)17-10(15)13-6-7(12)5-8(13)9(14)16-4;/h5,7-9,12-14,17-19,22-24,27,34-35,38-39,42-43H,4,6,10-11,15-16,20-21,25-26,28-31H2,1-3H3,(H,49,60)(H,50,59)(H,51,56)(H,52,57);5-9,12,14,18H,10-11H2,1-4H3;7-8H,5-6,12H2,1-4H3;1H/t35-,38?,39+,42+,43+;12-,14+;7-,8+;/m111./s1. The minimum absolute atomic E-state index is 0. The predicted molar refractivity (Wildman–Crippen MR) is 402 cm³/mol. The molecule has 3 saturated heterocycles. The number of methoxy groups -OCH3 is 2. The first kappa shape index (κ1) is 89.3. The molecule has 1 saturated carbocycles. The first-order chi connectivity index (χ1) is 51.4. The molecule has 8 amide bonds. The number of benzene rings is 4. The smallest absolute Gasteiger partial charge is 0.411 e. The van der Waals surface area contributed by atoms with Gasteiger partial charge < -0.3 is 60.5 Å². The van der Waals surface area contributed by atoms with Gasteiger partial charge in [0.2, 0.25) is 55.4 Å². The molecule has 1 aliphatic carbocycles. The van der Waals surface area contributed by atoms with E-state index in [-0.39, 0.29) is 84.8 Å². The van der Waals surface area contributed by atoms with E-state index in [4.69, 9.17) is 24.7 Å². The van der Waals surface area contributed by atoms with Crippen molar-refractivity contribution >= 4 is 85.4 Å². The van der Waals surface area contributed by atoms with Gasteiger partial charge in [-0.1, -0.05) is 111 Å². The molecule has 110 heavy (non-hydrogen) atoms. The predicted octanol–water partition coefficient (Wildman–Crippen LogP) is 4.82. The lowest BCUT2D eigenvalue weighted by Gasteiger charge is -2.35. The summed E-state index contributed by atoms with van der Waals surface area (Å²) in [5, 5.41) is 10.6. The van der Waals surface area contributed by atoms with Crippen LogP contribution in [0.15, 0.2) is 125 Å². The van der Waals surface area contributed by atoms with Crippen LogP contribution in [0.5, 0.6) is 5.75 Å². The van der Waals surface area contributed by atoms with Crippen LogP contribution in [-0.4, -0.2) is 233 Å². The van der Waals surface area contributed by atoms with Crippen molar-refractivity contribution in [1.29, 1.82) is 0 Å². The van der Waals surface area contributed by atoms with Crippen molar-refractivity contribution in [3.63, 3.8) is 0 Å². The van der Waals surface area contributed by atoms with Crippen molar-refractivity contribution in [2.24, 2.45) is 11.7 Å². The number of carbonyl (C=O) groups is 11. The normalized spacial score (nSPS) is 21.2. The van der Waals surface area contributed by atoms with Crippen molar-refractivity contribution in [3.05, 3.63) is 126 Å². The Balaban J connectivity index is 0.000000348. The monoisotopic (exact) mass is 1580 g/mol. The van der Waals surface area contributed by atoms with E-state index < -0.39 is 151 Å². The van der Waals surface area contributed by atoms with Gasteiger partial charge >= 0.3 is 24.1 Å². The summed E-state index contributed by atoms with van der Waals surface area (Å²) in [7, 11) is -2.37. The zero-order valence-electron chi connectivity index (χ0n) is 64.2. The van der Waals surface area contributed by atoms with Gasteiger partial charge in [-0.15, -0.1) is 0 Å². The van der Waals surface area contributed by atoms with E-state index in [0.29, 0.717) is 49.1 Å². The number of likely N-dealkylation sites (N-methyl/N-ethyl adjacent to an activating group) is 1. The van der Waals surface area contributed by atoms with Crippen LogP contribution in [0.1, 0.15) is 136 Å². The van der Waals surface area contributed by atoms with Crippen LogP contribution in [0.25, 0.3) is 0 Å². The number of ether oxygens (including phenoxy) is 5. The zero-order valence-corrected chi connectivity index (χ0v) is 65.8. The third-order valence-corrected chi connectivity index (χ3v) is 22.1. The quantitative estimate of drug-likeness (QED) is 0.0416. The van der Waals surface area contributed by atoms with Gasteiger partial charge in [-0.25, -0.2) is 40.7 Å². The molecule has 0 spiro atoms. The summed E-state index contributed by atoms with van der Waals surface area (Å²) >= 11 is 0. The highest BCUT2D eigenvalue weighted by atomic mass is 32.2. The van der Waals surface area contributed by atoms with Crippen LogP contribution in [0.3, 0.4) is 0 Å². The number of sulfonamides is 2. The van der Waals surface area contributed by atoms with Gasteiger partial charge in [-0.3, -0.25) is 48.1 Å². The molecule has 0 aromatic heterocycles. The fourth-order valence-electron chi connectivity index (χ4n) is 13.4. The van der Waals surface area contributed by atoms with E-state index in [1.165, 1.54) is 62.4 Å². The molecule has 5 aliphatic rings. The third kappa shape index (κ3) is 25.2. The summed E-state index contributed by atoms with van der Waals surface area (Å²) in [6.45, 7) is 11.8. The van der Waals surface area contributed by atoms with Crippen molar-refractivity contribution < 1.29 is 98.0 Å². The number of fused-ring (bicyclic) bond motifs is 4. The maximum Gasteiger partial charge on any atom is 0.411 e. The van der Waals surface area contributed by atoms with Crippen LogP contribution < -0.4 is 36.5 Å². The van der Waals surface area contributed by atoms with E-state index in [2.05, 4.69) is 30.7 Å². The highest BCUT2D eigenvalue weighted by Gasteiger charge is 2.50. The molecule has 34 heteroatoms. The molecule has 604 valence electrons. The van der Waals surface area contributed by atoms with Crippen molar-refractivity contribution in [2.45, 2.75) is 201 Å². The Hall–Kier alpha value is -9.64. The van der Waals surface area contributed by atoms with Gasteiger partial charge in [-0.2, -0.15) is 4.31 Å². The summed E-state index contributed by atoms with van der Waals surface area (Å²) in [5.74, 6) is -5.87. The summed E-state index contributed by atoms with van der Waals surface area (Å²) < 4.78 is 83.7. The lowest BCUT2D eigenvalue weighted by molar-refractivity contribution is -0.146. The molecule has 0 radical (unpaired) electrons. The fraction of sp³-hybridized carbons (Fsp3) is 0.539. The highest BCUT2D eigenvalue weighted by Crippen LogP contribution is 2.34. The van der Waals surface area contributed by atoms with E-state index in [9.17, 15) is 64.8 Å². The Morgan fingerprint density at radius 2 is 1.25 bits per heavy atom. The van der Waals surface area contributed by atoms with Gasteiger partial charge in [0.15, 0.2) is 0 Å². The van der Waals surface area contributed by atoms with Gasteiger partial charge in [0, 0.05) is 58.4 Å². The lowest BCUT2D eigenvalue weighted by Crippen LogP contribution is -2.58. The molecule has 4 aromatic rings. The first-order valence-corrected chi connectivity index (χ1v) is 39.4. The molecule has 1 unspecified atom stereocenters. The van der Waals surface area contributed by atoms with E-state index >= 15 is 4.79 Å². The van der Waals surface area contributed by atoms with Gasteiger partial charge in [0.1, 0.15) is 47.2 Å². The number of hydrogen-bond acceptors (Lipinski definition) is 21. The Morgan fingerprint density at radius 3 is 1.81 bits per heavy atom. The Morgan fingerprint density at radius 1 is 0.682 bits per heavy atom. The number of halogens is 1. The largest absolute Gasteiger partial charge is 0.494 e. The molecule has 4 heterocycles. The van der Waals surface area contributed by atoms with E-state index in [1.807, 2.05) is 0 Å². The van der Waals surface area contributed by atoms with Crippen molar-refractivity contribution in [1.82, 2.24) is 49.9 Å². The zero-order chi connectivity index (χ0) is 80.1. The molecule has 4 aliphatic heterocycles. The Bertz CT molecular complexity index is 4070. The summed E-state index contributed by atoms with van der Waals surface area (Å²) in [5.41, 5.74) is 5.60. The average molecular weight is 1580 g/mol. The number of likely N-dealkylation sites (tertiary alicyclic amines) is 2. The molecule has 9 atom stereocenters. The van der Waals surface area contributed by atoms with Gasteiger partial charge in [-0.05, 0) is 140 Å². The molecular weight excluding hydrogens is 1470 g/mol. The van der Waals surface area contributed by atoms with Crippen LogP contribution >= 0.6 is 0 Å². The fourth-order valence-corrected chi connectivity index (χ4v) is 16.4. The number of ketones is 1. The molecule has 31 nitrogen and oxygen atoms in total. The number of esters is 2. The SMILES string of the molecule is CCCC(NC(=O)[C@@H]1C[C@@H]2CN1C(=O)[C@H](C1CCCCC1)NC(=O)Cc1cccc(c1)OCCCN2S(=O)(=O)c1ccccc1)C(=O)C(=O)NCC(=O)N[C@H](C(=O)N(C)C)c1ccccc1.COC(=O)[C@@H]1C[C@@H](N)CN1C(=O)OC(C)(C)C.COC(=O)[C@@H]1C[C@@H](NS(=O)(=O)c2ccccc2)CN1C(=O)OC(C)(C)C.F. The molecule has 4 aromatic carbocycles. The Labute approximate surface area is 642 Å². The third-order valence-electron chi connectivity index (χ3n) is 18.6. The molecule has 9 rings (SSSR count). The lowest BCUT2D eigenvalue weighted by atomic mass is 9.83. The van der Waals surface area contributed by atoms with Crippen LogP contribution in [0.4, 0.5) is 14.3 Å². The summed E-state index contributed by atoms with van der Waals surface area (Å²) in [4.78, 5) is 150. The number of hydrogen-bond donors (Lipinski definition) is 6. The molecular formula is C76H106FN11O20S2.